The quantitative estimate of drug-likeness (QED) is 0.343. The molecule has 6 heteroatoms. The molecule has 0 heterocycles. The summed E-state index contributed by atoms with van der Waals surface area (Å²) in [6, 6.07) is 0. The SMILES string of the molecule is CC[C@@H](O)[C@@H](O)[C@H](O)[C@@H](O)C(=O)O. The molecule has 0 aromatic rings. The molecule has 0 rings (SSSR count). The molecule has 13 heavy (non-hydrogen) atoms. The molecule has 5 N–H and O–H groups in total. The Morgan fingerprint density at radius 1 is 1.15 bits per heavy atom. The second-order valence-corrected chi connectivity index (χ2v) is 2.74. The van der Waals surface area contributed by atoms with Crippen LogP contribution in [-0.2, 0) is 4.79 Å². The largest absolute Gasteiger partial charge is 0.479 e. The molecule has 0 aliphatic rings. The van der Waals surface area contributed by atoms with Crippen molar-refractivity contribution in [3.8, 4) is 0 Å². The van der Waals surface area contributed by atoms with E-state index in [2.05, 4.69) is 0 Å². The molecule has 0 saturated carbocycles. The Kier molecular flexibility index (Phi) is 4.86. The summed E-state index contributed by atoms with van der Waals surface area (Å²) in [5, 5.41) is 44.2. The standard InChI is InChI=1S/C7H14O6/c1-2-3(8)4(9)5(10)6(11)7(12)13/h3-6,8-11H,2H2,1H3,(H,12,13)/t3-,4-,5+,6-/m1/s1. The van der Waals surface area contributed by atoms with Crippen LogP contribution in [0.1, 0.15) is 13.3 Å². The summed E-state index contributed by atoms with van der Waals surface area (Å²) in [4.78, 5) is 10.2. The summed E-state index contributed by atoms with van der Waals surface area (Å²) in [5.74, 6) is -1.64. The average molecular weight is 194 g/mol. The van der Waals surface area contributed by atoms with Crippen molar-refractivity contribution >= 4 is 5.97 Å². The maximum atomic E-state index is 10.2. The van der Waals surface area contributed by atoms with Crippen LogP contribution in [-0.4, -0.2) is 55.9 Å². The first kappa shape index (κ1) is 12.3. The molecule has 0 unspecified atom stereocenters. The zero-order valence-corrected chi connectivity index (χ0v) is 7.16. The van der Waals surface area contributed by atoms with E-state index in [4.69, 9.17) is 25.5 Å². The van der Waals surface area contributed by atoms with Crippen molar-refractivity contribution < 1.29 is 30.3 Å². The average Bonchev–Trinajstić information content (AvgIpc) is 2.12. The van der Waals surface area contributed by atoms with Gasteiger partial charge in [0.1, 0.15) is 12.2 Å². The summed E-state index contributed by atoms with van der Waals surface area (Å²) in [5.41, 5.74) is 0. The van der Waals surface area contributed by atoms with E-state index in [9.17, 15) is 4.79 Å². The first-order valence-electron chi connectivity index (χ1n) is 3.86. The van der Waals surface area contributed by atoms with Gasteiger partial charge in [0, 0.05) is 0 Å². The van der Waals surface area contributed by atoms with Crippen molar-refractivity contribution in [1.29, 1.82) is 0 Å². The maximum absolute atomic E-state index is 10.2. The number of aliphatic carboxylic acids is 1. The molecular weight excluding hydrogens is 180 g/mol. The Hall–Kier alpha value is -0.690. The number of carboxylic acids is 1. The highest BCUT2D eigenvalue weighted by Crippen LogP contribution is 2.07. The number of aliphatic hydroxyl groups excluding tert-OH is 4. The van der Waals surface area contributed by atoms with Gasteiger partial charge in [-0.1, -0.05) is 6.92 Å². The molecule has 6 nitrogen and oxygen atoms in total. The molecule has 0 aliphatic carbocycles. The van der Waals surface area contributed by atoms with Gasteiger partial charge in [-0.3, -0.25) is 0 Å². The molecular formula is C7H14O6. The third-order valence-electron chi connectivity index (χ3n) is 1.74. The van der Waals surface area contributed by atoms with Gasteiger partial charge in [-0.25, -0.2) is 4.79 Å². The number of carbonyl (C=O) groups is 1. The number of rotatable bonds is 5. The number of hydrogen-bond acceptors (Lipinski definition) is 5. The van der Waals surface area contributed by atoms with Crippen LogP contribution in [0.2, 0.25) is 0 Å². The Morgan fingerprint density at radius 3 is 1.92 bits per heavy atom. The van der Waals surface area contributed by atoms with Gasteiger partial charge in [0.15, 0.2) is 6.10 Å². The van der Waals surface area contributed by atoms with Crippen LogP contribution in [0.3, 0.4) is 0 Å². The molecule has 0 radical (unpaired) electrons. The molecule has 0 saturated heterocycles. The van der Waals surface area contributed by atoms with E-state index < -0.39 is 30.4 Å². The van der Waals surface area contributed by atoms with E-state index in [1.807, 2.05) is 0 Å². The molecule has 0 spiro atoms. The molecule has 0 aliphatic heterocycles. The van der Waals surface area contributed by atoms with Crippen LogP contribution < -0.4 is 0 Å². The number of hydrogen-bond donors (Lipinski definition) is 5. The lowest BCUT2D eigenvalue weighted by Crippen LogP contribution is -2.47. The maximum Gasteiger partial charge on any atom is 0.335 e. The van der Waals surface area contributed by atoms with Gasteiger partial charge < -0.3 is 25.5 Å². The van der Waals surface area contributed by atoms with Crippen LogP contribution in [0.25, 0.3) is 0 Å². The topological polar surface area (TPSA) is 118 Å². The zero-order chi connectivity index (χ0) is 10.6. The van der Waals surface area contributed by atoms with Crippen molar-refractivity contribution in [1.82, 2.24) is 0 Å². The molecule has 0 aromatic heterocycles. The van der Waals surface area contributed by atoms with E-state index in [-0.39, 0.29) is 6.42 Å². The molecule has 4 atom stereocenters. The normalized spacial score (nSPS) is 20.4. The van der Waals surface area contributed by atoms with Crippen molar-refractivity contribution in [3.05, 3.63) is 0 Å². The minimum absolute atomic E-state index is 0.157. The van der Waals surface area contributed by atoms with E-state index in [1.165, 1.54) is 0 Å². The Labute approximate surface area is 75.1 Å². The molecule has 0 fully saturated rings. The van der Waals surface area contributed by atoms with Crippen molar-refractivity contribution in [3.63, 3.8) is 0 Å². The summed E-state index contributed by atoms with van der Waals surface area (Å²) in [6.07, 6.45) is -6.71. The molecule has 0 bridgehead atoms. The second-order valence-electron chi connectivity index (χ2n) is 2.74. The fraction of sp³-hybridized carbons (Fsp3) is 0.857. The molecule has 0 aromatic carbocycles. The number of aliphatic hydroxyl groups is 4. The minimum Gasteiger partial charge on any atom is -0.479 e. The fourth-order valence-electron chi connectivity index (χ4n) is 0.802. The summed E-state index contributed by atoms with van der Waals surface area (Å²) < 4.78 is 0. The third kappa shape index (κ3) is 3.27. The second kappa shape index (κ2) is 5.13. The van der Waals surface area contributed by atoms with Gasteiger partial charge in [0.25, 0.3) is 0 Å². The fourth-order valence-corrected chi connectivity index (χ4v) is 0.802. The minimum atomic E-state index is -2.09. The first-order valence-corrected chi connectivity index (χ1v) is 3.86. The zero-order valence-electron chi connectivity index (χ0n) is 7.16. The third-order valence-corrected chi connectivity index (χ3v) is 1.74. The van der Waals surface area contributed by atoms with Crippen molar-refractivity contribution in [2.75, 3.05) is 0 Å². The Bertz CT molecular complexity index is 170. The molecule has 78 valence electrons. The Balaban J connectivity index is 4.24. The van der Waals surface area contributed by atoms with Gasteiger partial charge >= 0.3 is 5.97 Å². The summed E-state index contributed by atoms with van der Waals surface area (Å²) in [7, 11) is 0. The van der Waals surface area contributed by atoms with Crippen LogP contribution in [0.4, 0.5) is 0 Å². The highest BCUT2D eigenvalue weighted by Gasteiger charge is 2.33. The van der Waals surface area contributed by atoms with Gasteiger partial charge in [-0.05, 0) is 6.42 Å². The van der Waals surface area contributed by atoms with E-state index in [0.29, 0.717) is 0 Å². The molecule has 0 amide bonds. The van der Waals surface area contributed by atoms with E-state index in [0.717, 1.165) is 0 Å². The predicted molar refractivity (Wildman–Crippen MR) is 42.0 cm³/mol. The van der Waals surface area contributed by atoms with Crippen LogP contribution in [0, 0.1) is 0 Å². The first-order chi connectivity index (χ1) is 5.91. The van der Waals surface area contributed by atoms with Gasteiger partial charge in [-0.2, -0.15) is 0 Å². The summed E-state index contributed by atoms with van der Waals surface area (Å²) in [6.45, 7) is 1.55. The van der Waals surface area contributed by atoms with Gasteiger partial charge in [-0.15, -0.1) is 0 Å². The van der Waals surface area contributed by atoms with E-state index >= 15 is 0 Å². The summed E-state index contributed by atoms with van der Waals surface area (Å²) >= 11 is 0. The predicted octanol–water partition coefficient (Wildman–Crippen LogP) is -2.08. The van der Waals surface area contributed by atoms with Crippen LogP contribution in [0.5, 0.6) is 0 Å². The van der Waals surface area contributed by atoms with Gasteiger partial charge in [0.2, 0.25) is 0 Å². The Morgan fingerprint density at radius 2 is 1.62 bits per heavy atom. The lowest BCUT2D eigenvalue weighted by molar-refractivity contribution is -0.162. The van der Waals surface area contributed by atoms with Crippen LogP contribution >= 0.6 is 0 Å². The monoisotopic (exact) mass is 194 g/mol. The lowest BCUT2D eigenvalue weighted by atomic mass is 10.0. The highest BCUT2D eigenvalue weighted by atomic mass is 16.4. The van der Waals surface area contributed by atoms with Gasteiger partial charge in [0.05, 0.1) is 6.10 Å². The number of carboxylic acid groups (broad SMARTS) is 1. The van der Waals surface area contributed by atoms with Crippen molar-refractivity contribution in [2.24, 2.45) is 0 Å². The van der Waals surface area contributed by atoms with E-state index in [1.54, 1.807) is 6.92 Å². The van der Waals surface area contributed by atoms with Crippen LogP contribution in [0.15, 0.2) is 0 Å². The lowest BCUT2D eigenvalue weighted by Gasteiger charge is -2.23. The highest BCUT2D eigenvalue weighted by molar-refractivity contribution is 5.72. The smallest absolute Gasteiger partial charge is 0.335 e. The van der Waals surface area contributed by atoms with Crippen molar-refractivity contribution in [2.45, 2.75) is 37.8 Å².